The third-order valence-corrected chi connectivity index (χ3v) is 4.59. The van der Waals surface area contributed by atoms with E-state index in [4.69, 9.17) is 0 Å². The summed E-state index contributed by atoms with van der Waals surface area (Å²) in [7, 11) is 0. The molecule has 1 saturated heterocycles. The molecule has 0 unspecified atom stereocenters. The lowest BCUT2D eigenvalue weighted by Crippen LogP contribution is -2.44. The molecule has 25 heavy (non-hydrogen) atoms. The molecule has 0 atom stereocenters. The molecular weight excluding hydrogens is 312 g/mol. The van der Waals surface area contributed by atoms with Gasteiger partial charge in [-0.1, -0.05) is 29.8 Å². The van der Waals surface area contributed by atoms with Crippen LogP contribution in [0.15, 0.2) is 36.5 Å². The van der Waals surface area contributed by atoms with Crippen LogP contribution in [0.1, 0.15) is 30.9 Å². The van der Waals surface area contributed by atoms with E-state index >= 15 is 0 Å². The molecule has 1 aromatic heterocycles. The Morgan fingerprint density at radius 2 is 1.96 bits per heavy atom. The second-order valence-electron chi connectivity index (χ2n) is 6.53. The number of carbonyl (C=O) groups is 1. The lowest BCUT2D eigenvalue weighted by molar-refractivity contribution is -0.119. The first-order valence-corrected chi connectivity index (χ1v) is 8.56. The minimum Gasteiger partial charge on any atom is -0.370 e. The first kappa shape index (κ1) is 17.0. The summed E-state index contributed by atoms with van der Waals surface area (Å²) in [6.45, 7) is 5.24. The molecule has 0 aliphatic carbocycles. The van der Waals surface area contributed by atoms with E-state index in [1.807, 2.05) is 6.07 Å². The molecule has 128 valence electrons. The second-order valence-corrected chi connectivity index (χ2v) is 6.53. The van der Waals surface area contributed by atoms with E-state index in [-0.39, 0.29) is 11.9 Å². The number of pyridine rings is 1. The third-order valence-electron chi connectivity index (χ3n) is 4.59. The van der Waals surface area contributed by atoms with E-state index < -0.39 is 0 Å². The number of piperidine rings is 1. The van der Waals surface area contributed by atoms with Crippen LogP contribution in [0.4, 0.5) is 5.69 Å². The number of carbonyl (C=O) groups excluding carboxylic acids is 1. The molecule has 2 heterocycles. The molecule has 1 fully saturated rings. The van der Waals surface area contributed by atoms with Crippen LogP contribution in [0, 0.1) is 18.3 Å². The summed E-state index contributed by atoms with van der Waals surface area (Å²) in [6, 6.07) is 12.7. The van der Waals surface area contributed by atoms with Crippen molar-refractivity contribution in [3.05, 3.63) is 47.7 Å². The summed E-state index contributed by atoms with van der Waals surface area (Å²) in [5.41, 5.74) is 4.64. The molecule has 0 radical (unpaired) electrons. The molecule has 0 spiro atoms. The normalized spacial score (nSPS) is 14.8. The van der Waals surface area contributed by atoms with Gasteiger partial charge in [0.2, 0.25) is 5.91 Å². The average Bonchev–Trinajstić information content (AvgIpc) is 2.62. The number of nitriles is 1. The molecule has 0 saturated carbocycles. The molecule has 5 heteroatoms. The Morgan fingerprint density at radius 1 is 1.28 bits per heavy atom. The summed E-state index contributed by atoms with van der Waals surface area (Å²) in [6.07, 6.45) is 3.42. The highest BCUT2D eigenvalue weighted by Crippen LogP contribution is 2.28. The van der Waals surface area contributed by atoms with Crippen LogP contribution in [0.25, 0.3) is 11.3 Å². The van der Waals surface area contributed by atoms with Crippen LogP contribution in [0.5, 0.6) is 0 Å². The van der Waals surface area contributed by atoms with Crippen molar-refractivity contribution in [1.82, 2.24) is 10.3 Å². The van der Waals surface area contributed by atoms with Gasteiger partial charge in [-0.2, -0.15) is 5.26 Å². The quantitative estimate of drug-likeness (QED) is 0.937. The first-order valence-electron chi connectivity index (χ1n) is 8.56. The van der Waals surface area contributed by atoms with E-state index in [0.717, 1.165) is 42.9 Å². The molecule has 2 aromatic rings. The van der Waals surface area contributed by atoms with E-state index in [1.165, 1.54) is 5.56 Å². The predicted molar refractivity (Wildman–Crippen MR) is 98.2 cm³/mol. The lowest BCUT2D eigenvalue weighted by atomic mass is 10.0. The fourth-order valence-corrected chi connectivity index (χ4v) is 3.23. The number of hydrogen-bond donors (Lipinski definition) is 1. The molecule has 1 aromatic carbocycles. The number of anilines is 1. The van der Waals surface area contributed by atoms with Crippen LogP contribution in [0.3, 0.4) is 0 Å². The minimum atomic E-state index is 0.0155. The molecule has 3 rings (SSSR count). The van der Waals surface area contributed by atoms with Crippen molar-refractivity contribution in [2.45, 2.75) is 32.7 Å². The van der Waals surface area contributed by atoms with Gasteiger partial charge >= 0.3 is 0 Å². The van der Waals surface area contributed by atoms with Gasteiger partial charge in [0.15, 0.2) is 0 Å². The zero-order valence-electron chi connectivity index (χ0n) is 14.6. The van der Waals surface area contributed by atoms with Gasteiger partial charge in [-0.25, -0.2) is 0 Å². The zero-order valence-corrected chi connectivity index (χ0v) is 14.6. The minimum absolute atomic E-state index is 0.0155. The van der Waals surface area contributed by atoms with Crippen molar-refractivity contribution in [2.24, 2.45) is 0 Å². The van der Waals surface area contributed by atoms with Gasteiger partial charge in [-0.15, -0.1) is 0 Å². The molecule has 1 amide bonds. The van der Waals surface area contributed by atoms with Crippen molar-refractivity contribution in [3.63, 3.8) is 0 Å². The summed E-state index contributed by atoms with van der Waals surface area (Å²) >= 11 is 0. The Morgan fingerprint density at radius 3 is 2.56 bits per heavy atom. The molecule has 1 N–H and O–H groups in total. The maximum Gasteiger partial charge on any atom is 0.217 e. The third kappa shape index (κ3) is 3.97. The van der Waals surface area contributed by atoms with Gasteiger partial charge in [0.25, 0.3) is 0 Å². The number of aryl methyl sites for hydroxylation is 1. The standard InChI is InChI=1S/C20H22N4O/c1-14-3-5-16(6-4-14)19-11-20(17(12-21)13-22-19)24-9-7-18(8-10-24)23-15(2)25/h3-6,11,13,18H,7-10H2,1-2H3,(H,23,25). The summed E-state index contributed by atoms with van der Waals surface area (Å²) in [5, 5.41) is 12.4. The number of nitrogens with one attached hydrogen (secondary N) is 1. The largest absolute Gasteiger partial charge is 0.370 e. The van der Waals surface area contributed by atoms with Crippen LogP contribution >= 0.6 is 0 Å². The van der Waals surface area contributed by atoms with Gasteiger partial charge in [0.1, 0.15) is 6.07 Å². The number of amides is 1. The highest BCUT2D eigenvalue weighted by Gasteiger charge is 2.22. The molecule has 1 aliphatic rings. The molecule has 0 bridgehead atoms. The van der Waals surface area contributed by atoms with Gasteiger partial charge in [0, 0.05) is 37.8 Å². The Balaban J connectivity index is 1.83. The molecular formula is C20H22N4O. The van der Waals surface area contributed by atoms with Crippen LogP contribution in [0.2, 0.25) is 0 Å². The number of aromatic nitrogens is 1. The van der Waals surface area contributed by atoms with Crippen molar-refractivity contribution in [3.8, 4) is 17.3 Å². The van der Waals surface area contributed by atoms with Crippen molar-refractivity contribution in [1.29, 1.82) is 5.26 Å². The lowest BCUT2D eigenvalue weighted by Gasteiger charge is -2.34. The summed E-state index contributed by atoms with van der Waals surface area (Å²) in [5.74, 6) is 0.0155. The SMILES string of the molecule is CC(=O)NC1CCN(c2cc(-c3ccc(C)cc3)ncc2C#N)CC1. The van der Waals surface area contributed by atoms with Crippen molar-refractivity contribution in [2.75, 3.05) is 18.0 Å². The number of nitrogens with zero attached hydrogens (tertiary/aromatic N) is 3. The Labute approximate surface area is 148 Å². The Bertz CT molecular complexity index is 799. The Kier molecular flexibility index (Phi) is 4.99. The van der Waals surface area contributed by atoms with E-state index in [0.29, 0.717) is 5.56 Å². The van der Waals surface area contributed by atoms with Crippen molar-refractivity contribution < 1.29 is 4.79 Å². The highest BCUT2D eigenvalue weighted by molar-refractivity contribution is 5.73. The fraction of sp³-hybridized carbons (Fsp3) is 0.350. The van der Waals surface area contributed by atoms with Gasteiger partial charge < -0.3 is 10.2 Å². The number of hydrogen-bond acceptors (Lipinski definition) is 4. The van der Waals surface area contributed by atoms with Crippen LogP contribution in [-0.4, -0.2) is 30.0 Å². The molecule has 1 aliphatic heterocycles. The first-order chi connectivity index (χ1) is 12.1. The second kappa shape index (κ2) is 7.35. The van der Waals surface area contributed by atoms with Crippen LogP contribution < -0.4 is 10.2 Å². The average molecular weight is 334 g/mol. The fourth-order valence-electron chi connectivity index (χ4n) is 3.23. The maximum absolute atomic E-state index is 11.2. The highest BCUT2D eigenvalue weighted by atomic mass is 16.1. The zero-order chi connectivity index (χ0) is 17.8. The van der Waals surface area contributed by atoms with Crippen LogP contribution in [-0.2, 0) is 4.79 Å². The summed E-state index contributed by atoms with van der Waals surface area (Å²) in [4.78, 5) is 17.9. The van der Waals surface area contributed by atoms with Crippen molar-refractivity contribution >= 4 is 11.6 Å². The smallest absolute Gasteiger partial charge is 0.217 e. The topological polar surface area (TPSA) is 69.0 Å². The predicted octanol–water partition coefficient (Wildman–Crippen LogP) is 3.03. The molecule has 5 nitrogen and oxygen atoms in total. The monoisotopic (exact) mass is 334 g/mol. The van der Waals surface area contributed by atoms with Gasteiger partial charge in [-0.05, 0) is 25.8 Å². The van der Waals surface area contributed by atoms with Gasteiger partial charge in [0.05, 0.1) is 16.9 Å². The van der Waals surface area contributed by atoms with Gasteiger partial charge in [-0.3, -0.25) is 9.78 Å². The van der Waals surface area contributed by atoms with E-state index in [1.54, 1.807) is 13.1 Å². The van der Waals surface area contributed by atoms with E-state index in [9.17, 15) is 10.1 Å². The Hall–Kier alpha value is -2.87. The number of benzene rings is 1. The number of rotatable bonds is 3. The summed E-state index contributed by atoms with van der Waals surface area (Å²) < 4.78 is 0. The maximum atomic E-state index is 11.2. The van der Waals surface area contributed by atoms with E-state index in [2.05, 4.69) is 52.5 Å².